The quantitative estimate of drug-likeness (QED) is 0.781. The van der Waals surface area contributed by atoms with Crippen LogP contribution in [-0.4, -0.2) is 47.5 Å². The molecule has 0 saturated carbocycles. The predicted octanol–water partition coefficient (Wildman–Crippen LogP) is 1.21. The van der Waals surface area contributed by atoms with Crippen LogP contribution in [0.3, 0.4) is 0 Å². The van der Waals surface area contributed by atoms with E-state index in [2.05, 4.69) is 38.8 Å². The molecule has 0 aromatic carbocycles. The molecule has 4 nitrogen and oxygen atoms in total. The van der Waals surface area contributed by atoms with Gasteiger partial charge in [-0.3, -0.25) is 9.58 Å². The van der Waals surface area contributed by atoms with E-state index in [1.165, 1.54) is 3.57 Å². The lowest BCUT2D eigenvalue weighted by Crippen LogP contribution is -2.37. The van der Waals surface area contributed by atoms with Crippen LogP contribution in [0.25, 0.3) is 0 Å². The zero-order valence-electron chi connectivity index (χ0n) is 8.73. The molecule has 1 aliphatic rings. The molecule has 0 spiro atoms. The van der Waals surface area contributed by atoms with Crippen molar-refractivity contribution in [2.75, 3.05) is 32.8 Å². The van der Waals surface area contributed by atoms with Crippen LogP contribution in [0.2, 0.25) is 0 Å². The van der Waals surface area contributed by atoms with E-state index in [9.17, 15) is 0 Å². The Morgan fingerprint density at radius 1 is 1.33 bits per heavy atom. The second kappa shape index (κ2) is 5.81. The summed E-state index contributed by atoms with van der Waals surface area (Å²) in [6.07, 6.45) is 5.15. The molecule has 1 fully saturated rings. The number of morpholine rings is 1. The number of rotatable bonds is 4. The average molecular weight is 321 g/mol. The Labute approximate surface area is 104 Å². The first-order chi connectivity index (χ1) is 7.34. The number of halogens is 1. The van der Waals surface area contributed by atoms with Gasteiger partial charge in [0.2, 0.25) is 0 Å². The zero-order valence-corrected chi connectivity index (χ0v) is 10.9. The Hall–Kier alpha value is -0.140. The molecule has 0 aliphatic carbocycles. The van der Waals surface area contributed by atoms with Crippen molar-refractivity contribution in [2.45, 2.75) is 13.0 Å². The minimum atomic E-state index is 0.889. The van der Waals surface area contributed by atoms with Crippen molar-refractivity contribution in [3.05, 3.63) is 16.0 Å². The van der Waals surface area contributed by atoms with Gasteiger partial charge in [0.05, 0.1) is 23.0 Å². The molecule has 1 aliphatic heterocycles. The van der Waals surface area contributed by atoms with E-state index in [1.54, 1.807) is 0 Å². The molecular weight excluding hydrogens is 305 g/mol. The summed E-state index contributed by atoms with van der Waals surface area (Å²) in [6, 6.07) is 0. The second-order valence-corrected chi connectivity index (χ2v) is 4.97. The van der Waals surface area contributed by atoms with Crippen LogP contribution in [0.4, 0.5) is 0 Å². The van der Waals surface area contributed by atoms with Gasteiger partial charge in [0.15, 0.2) is 0 Å². The second-order valence-electron chi connectivity index (χ2n) is 3.73. The van der Waals surface area contributed by atoms with Gasteiger partial charge in [0, 0.05) is 32.4 Å². The van der Waals surface area contributed by atoms with Crippen molar-refractivity contribution in [1.29, 1.82) is 0 Å². The van der Waals surface area contributed by atoms with Crippen molar-refractivity contribution >= 4 is 22.6 Å². The topological polar surface area (TPSA) is 30.3 Å². The van der Waals surface area contributed by atoms with Gasteiger partial charge in [-0.15, -0.1) is 0 Å². The van der Waals surface area contributed by atoms with Crippen LogP contribution in [0, 0.1) is 3.57 Å². The van der Waals surface area contributed by atoms with Crippen LogP contribution >= 0.6 is 22.6 Å². The highest BCUT2D eigenvalue weighted by molar-refractivity contribution is 14.1. The van der Waals surface area contributed by atoms with E-state index < -0.39 is 0 Å². The number of hydrogen-bond donors (Lipinski definition) is 0. The maximum Gasteiger partial charge on any atom is 0.0623 e. The average Bonchev–Trinajstić information content (AvgIpc) is 2.66. The summed E-state index contributed by atoms with van der Waals surface area (Å²) in [5.74, 6) is 0. The van der Waals surface area contributed by atoms with Crippen molar-refractivity contribution in [3.8, 4) is 0 Å². The van der Waals surface area contributed by atoms with Gasteiger partial charge in [0.1, 0.15) is 0 Å². The predicted molar refractivity (Wildman–Crippen MR) is 66.8 cm³/mol. The maximum absolute atomic E-state index is 5.31. The molecule has 84 valence electrons. The van der Waals surface area contributed by atoms with Gasteiger partial charge < -0.3 is 4.74 Å². The van der Waals surface area contributed by atoms with Crippen LogP contribution in [0.1, 0.15) is 6.42 Å². The Bertz CT molecular complexity index is 297. The van der Waals surface area contributed by atoms with Gasteiger partial charge >= 0.3 is 0 Å². The number of hydrogen-bond acceptors (Lipinski definition) is 3. The molecule has 1 aromatic rings. The first kappa shape index (κ1) is 11.3. The van der Waals surface area contributed by atoms with E-state index >= 15 is 0 Å². The van der Waals surface area contributed by atoms with Gasteiger partial charge in [-0.2, -0.15) is 5.10 Å². The van der Waals surface area contributed by atoms with Gasteiger partial charge in [-0.25, -0.2) is 0 Å². The van der Waals surface area contributed by atoms with E-state index in [-0.39, 0.29) is 0 Å². The third-order valence-electron chi connectivity index (χ3n) is 2.57. The Morgan fingerprint density at radius 2 is 2.13 bits per heavy atom. The molecule has 2 rings (SSSR count). The van der Waals surface area contributed by atoms with Crippen LogP contribution in [0.15, 0.2) is 12.4 Å². The summed E-state index contributed by atoms with van der Waals surface area (Å²) in [4.78, 5) is 2.46. The molecule has 0 atom stereocenters. The molecule has 0 unspecified atom stereocenters. The lowest BCUT2D eigenvalue weighted by molar-refractivity contribution is 0.0368. The van der Waals surface area contributed by atoms with Crippen LogP contribution in [0.5, 0.6) is 0 Å². The van der Waals surface area contributed by atoms with E-state index in [4.69, 9.17) is 4.74 Å². The lowest BCUT2D eigenvalue weighted by atomic mass is 10.3. The highest BCUT2D eigenvalue weighted by atomic mass is 127. The zero-order chi connectivity index (χ0) is 10.5. The molecule has 2 heterocycles. The number of aromatic nitrogens is 2. The monoisotopic (exact) mass is 321 g/mol. The molecule has 0 amide bonds. The van der Waals surface area contributed by atoms with Crippen molar-refractivity contribution < 1.29 is 4.74 Å². The Balaban J connectivity index is 1.65. The van der Waals surface area contributed by atoms with Gasteiger partial charge in [0.25, 0.3) is 0 Å². The first-order valence-electron chi connectivity index (χ1n) is 5.32. The highest BCUT2D eigenvalue weighted by Crippen LogP contribution is 2.03. The van der Waals surface area contributed by atoms with Crippen molar-refractivity contribution in [1.82, 2.24) is 14.7 Å². The summed E-state index contributed by atoms with van der Waals surface area (Å²) in [5, 5.41) is 4.26. The molecular formula is C10H16IN3O. The van der Waals surface area contributed by atoms with Crippen LogP contribution < -0.4 is 0 Å². The number of ether oxygens (including phenoxy) is 1. The molecule has 0 N–H and O–H groups in total. The normalized spacial score (nSPS) is 18.2. The fourth-order valence-electron chi connectivity index (χ4n) is 1.74. The fraction of sp³-hybridized carbons (Fsp3) is 0.700. The van der Waals surface area contributed by atoms with Crippen molar-refractivity contribution in [3.63, 3.8) is 0 Å². The van der Waals surface area contributed by atoms with Gasteiger partial charge in [-0.1, -0.05) is 0 Å². The largest absolute Gasteiger partial charge is 0.379 e. The third-order valence-corrected chi connectivity index (χ3v) is 3.12. The Kier molecular flexibility index (Phi) is 4.40. The summed E-state index contributed by atoms with van der Waals surface area (Å²) in [5.41, 5.74) is 0. The molecule has 0 radical (unpaired) electrons. The summed E-state index contributed by atoms with van der Waals surface area (Å²) in [7, 11) is 0. The standard InChI is InChI=1S/C10H16IN3O/c11-10-8-12-14(9-10)3-1-2-13-4-6-15-7-5-13/h8-9H,1-7H2. The number of nitrogens with zero attached hydrogens (tertiary/aromatic N) is 3. The third kappa shape index (κ3) is 3.73. The first-order valence-corrected chi connectivity index (χ1v) is 6.40. The SMILES string of the molecule is Ic1cnn(CCCN2CCOCC2)c1. The minimum Gasteiger partial charge on any atom is -0.379 e. The molecule has 15 heavy (non-hydrogen) atoms. The van der Waals surface area contributed by atoms with E-state index in [0.717, 1.165) is 45.8 Å². The summed E-state index contributed by atoms with van der Waals surface area (Å²) >= 11 is 2.29. The lowest BCUT2D eigenvalue weighted by Gasteiger charge is -2.26. The van der Waals surface area contributed by atoms with Crippen LogP contribution in [-0.2, 0) is 11.3 Å². The smallest absolute Gasteiger partial charge is 0.0623 e. The highest BCUT2D eigenvalue weighted by Gasteiger charge is 2.09. The summed E-state index contributed by atoms with van der Waals surface area (Å²) < 4.78 is 8.53. The maximum atomic E-state index is 5.31. The van der Waals surface area contributed by atoms with Crippen molar-refractivity contribution in [2.24, 2.45) is 0 Å². The molecule has 5 heteroatoms. The minimum absolute atomic E-state index is 0.889. The molecule has 1 saturated heterocycles. The van der Waals surface area contributed by atoms with Gasteiger partial charge in [-0.05, 0) is 29.0 Å². The van der Waals surface area contributed by atoms with E-state index in [0.29, 0.717) is 0 Å². The summed E-state index contributed by atoms with van der Waals surface area (Å²) in [6.45, 7) is 6.10. The Morgan fingerprint density at radius 3 is 2.80 bits per heavy atom. The molecule has 0 bridgehead atoms. The fourth-order valence-corrected chi connectivity index (χ4v) is 2.19. The molecule has 1 aromatic heterocycles. The van der Waals surface area contributed by atoms with E-state index in [1.807, 2.05) is 10.9 Å². The number of aryl methyl sites for hydroxylation is 1.